The fraction of sp³-hybridized carbons (Fsp3) is 0.342. The van der Waals surface area contributed by atoms with E-state index in [0.29, 0.717) is 30.8 Å². The second-order valence-corrected chi connectivity index (χ2v) is 12.6. The van der Waals surface area contributed by atoms with E-state index in [0.717, 1.165) is 11.3 Å². The van der Waals surface area contributed by atoms with Gasteiger partial charge in [0.1, 0.15) is 17.4 Å². The SMILES string of the molecule is CC[C@]12C=CCN(c3ccccc3)C(=O)[C@H]1[C@H]1C(=O)N([C@@H](CO)Cc3ccccc3)C3C(=O)N(c4ccc(OC)cc4)CC=C[C@@]31O2. The smallest absolute Gasteiger partial charge is 0.253 e. The Hall–Kier alpha value is -4.73. The van der Waals surface area contributed by atoms with Crippen molar-refractivity contribution >= 4 is 29.1 Å². The lowest BCUT2D eigenvalue weighted by Crippen LogP contribution is -2.59. The molecule has 9 nitrogen and oxygen atoms in total. The minimum absolute atomic E-state index is 0.223. The van der Waals surface area contributed by atoms with Crippen molar-refractivity contribution in [1.29, 1.82) is 0 Å². The van der Waals surface area contributed by atoms with E-state index >= 15 is 4.79 Å². The molecule has 2 saturated heterocycles. The highest BCUT2D eigenvalue weighted by Gasteiger charge is 2.76. The Morgan fingerprint density at radius 2 is 1.43 bits per heavy atom. The maximum atomic E-state index is 15.1. The molecule has 0 saturated carbocycles. The summed E-state index contributed by atoms with van der Waals surface area (Å²) < 4.78 is 12.5. The zero-order valence-corrected chi connectivity index (χ0v) is 26.6. The Balaban J connectivity index is 1.38. The predicted octanol–water partition coefficient (Wildman–Crippen LogP) is 4.17. The van der Waals surface area contributed by atoms with E-state index in [9.17, 15) is 14.7 Å². The molecule has 3 aromatic rings. The number of ether oxygens (including phenoxy) is 2. The van der Waals surface area contributed by atoms with Crippen LogP contribution < -0.4 is 14.5 Å². The molecule has 0 radical (unpaired) electrons. The number of amides is 3. The summed E-state index contributed by atoms with van der Waals surface area (Å²) in [7, 11) is 1.58. The minimum atomic E-state index is -1.44. The van der Waals surface area contributed by atoms with E-state index in [2.05, 4.69) is 0 Å². The number of aliphatic hydroxyl groups is 1. The summed E-state index contributed by atoms with van der Waals surface area (Å²) in [5.41, 5.74) is -0.272. The maximum absolute atomic E-state index is 15.1. The van der Waals surface area contributed by atoms with Gasteiger partial charge in [-0.15, -0.1) is 0 Å². The maximum Gasteiger partial charge on any atom is 0.253 e. The third-order valence-electron chi connectivity index (χ3n) is 10.2. The number of hydrogen-bond donors (Lipinski definition) is 1. The van der Waals surface area contributed by atoms with Gasteiger partial charge < -0.3 is 29.3 Å². The first-order valence-corrected chi connectivity index (χ1v) is 16.2. The Morgan fingerprint density at radius 1 is 0.809 bits per heavy atom. The third-order valence-corrected chi connectivity index (χ3v) is 10.2. The van der Waals surface area contributed by atoms with Crippen molar-refractivity contribution in [2.75, 3.05) is 36.6 Å². The van der Waals surface area contributed by atoms with Crippen LogP contribution in [0.25, 0.3) is 0 Å². The fourth-order valence-electron chi connectivity index (χ4n) is 8.06. The monoisotopic (exact) mass is 633 g/mol. The summed E-state index contributed by atoms with van der Waals surface area (Å²) in [5.74, 6) is -2.15. The number of aliphatic hydroxyl groups excluding tert-OH is 1. The number of likely N-dealkylation sites (tertiary alicyclic amines) is 1. The van der Waals surface area contributed by atoms with Gasteiger partial charge in [-0.3, -0.25) is 14.4 Å². The molecule has 4 heterocycles. The van der Waals surface area contributed by atoms with Gasteiger partial charge in [0.05, 0.1) is 37.2 Å². The van der Waals surface area contributed by atoms with E-state index in [-0.39, 0.29) is 30.9 Å². The summed E-state index contributed by atoms with van der Waals surface area (Å²) in [6, 6.07) is 24.4. The van der Waals surface area contributed by atoms with Gasteiger partial charge >= 0.3 is 0 Å². The van der Waals surface area contributed by atoms with Crippen LogP contribution in [0.2, 0.25) is 0 Å². The van der Waals surface area contributed by atoms with Gasteiger partial charge in [-0.1, -0.05) is 79.8 Å². The summed E-state index contributed by atoms with van der Waals surface area (Å²) in [6.07, 6.45) is 8.33. The molecule has 4 aliphatic rings. The summed E-state index contributed by atoms with van der Waals surface area (Å²) in [4.78, 5) is 49.6. The molecule has 6 atom stereocenters. The van der Waals surface area contributed by atoms with Crippen LogP contribution in [0.3, 0.4) is 0 Å². The number of benzene rings is 3. The number of anilines is 2. The van der Waals surface area contributed by atoms with Gasteiger partial charge in [0.25, 0.3) is 5.91 Å². The number of rotatable bonds is 8. The van der Waals surface area contributed by atoms with E-state index in [1.165, 1.54) is 4.90 Å². The van der Waals surface area contributed by atoms with Crippen LogP contribution in [-0.4, -0.2) is 77.8 Å². The van der Waals surface area contributed by atoms with Gasteiger partial charge in [0.2, 0.25) is 11.8 Å². The molecule has 0 aliphatic carbocycles. The fourth-order valence-corrected chi connectivity index (χ4v) is 8.06. The Kier molecular flexibility index (Phi) is 7.98. The minimum Gasteiger partial charge on any atom is -0.497 e. The highest BCUT2D eigenvalue weighted by atomic mass is 16.5. The molecule has 0 bridgehead atoms. The molecule has 242 valence electrons. The van der Waals surface area contributed by atoms with Gasteiger partial charge in [-0.25, -0.2) is 0 Å². The summed E-state index contributed by atoms with van der Waals surface area (Å²) in [6.45, 7) is 2.16. The van der Waals surface area contributed by atoms with Crippen molar-refractivity contribution in [3.63, 3.8) is 0 Å². The highest BCUT2D eigenvalue weighted by Crippen LogP contribution is 2.59. The molecule has 2 fully saturated rings. The van der Waals surface area contributed by atoms with Crippen molar-refractivity contribution < 1.29 is 29.0 Å². The van der Waals surface area contributed by atoms with Crippen molar-refractivity contribution in [3.05, 3.63) is 115 Å². The van der Waals surface area contributed by atoms with E-state index in [1.807, 2.05) is 104 Å². The van der Waals surface area contributed by atoms with E-state index < -0.39 is 35.1 Å². The first-order chi connectivity index (χ1) is 22.9. The lowest BCUT2D eigenvalue weighted by molar-refractivity contribution is -0.149. The highest BCUT2D eigenvalue weighted by molar-refractivity contribution is 6.07. The van der Waals surface area contributed by atoms with Crippen LogP contribution in [0.15, 0.2) is 109 Å². The predicted molar refractivity (Wildman–Crippen MR) is 178 cm³/mol. The number of methoxy groups -OCH3 is 1. The molecule has 1 spiro atoms. The standard InChI is InChI=1S/C38H39N3O6/c1-3-37-20-10-22-39(27-14-8-5-9-15-27)34(43)31(37)32-35(44)41(29(25-42)24-26-12-6-4-7-13-26)33-36(45)40(23-11-21-38(32,33)47-37)28-16-18-30(46-2)19-17-28/h4-21,29,31-33,42H,3,22-25H2,1-2H3/t29-,31-,32+,33?,37+,38+/m1/s1. The molecule has 0 aromatic heterocycles. The number of nitrogens with zero attached hydrogens (tertiary/aromatic N) is 3. The number of carbonyl (C=O) groups is 3. The Morgan fingerprint density at radius 3 is 2.06 bits per heavy atom. The molecule has 1 N–H and O–H groups in total. The number of para-hydroxylation sites is 1. The Bertz CT molecular complexity index is 1710. The molecule has 47 heavy (non-hydrogen) atoms. The second-order valence-electron chi connectivity index (χ2n) is 12.6. The molecule has 9 heteroatoms. The molecule has 3 aromatic carbocycles. The molecular weight excluding hydrogens is 594 g/mol. The topological polar surface area (TPSA) is 99.6 Å². The van der Waals surface area contributed by atoms with Gasteiger partial charge in [-0.2, -0.15) is 0 Å². The van der Waals surface area contributed by atoms with E-state index in [1.54, 1.807) is 29.0 Å². The van der Waals surface area contributed by atoms with Gasteiger partial charge in [-0.05, 0) is 54.8 Å². The lowest BCUT2D eigenvalue weighted by Gasteiger charge is -2.41. The van der Waals surface area contributed by atoms with Crippen LogP contribution in [-0.2, 0) is 25.5 Å². The largest absolute Gasteiger partial charge is 0.497 e. The molecule has 4 aliphatic heterocycles. The molecule has 3 amide bonds. The average Bonchev–Trinajstić information content (AvgIpc) is 3.40. The quantitative estimate of drug-likeness (QED) is 0.374. The van der Waals surface area contributed by atoms with Gasteiger partial charge in [0.15, 0.2) is 0 Å². The van der Waals surface area contributed by atoms with Crippen LogP contribution in [0, 0.1) is 11.8 Å². The third kappa shape index (κ3) is 4.87. The molecule has 1 unspecified atom stereocenters. The van der Waals surface area contributed by atoms with Crippen LogP contribution in [0.5, 0.6) is 5.75 Å². The first-order valence-electron chi connectivity index (χ1n) is 16.2. The first kappa shape index (κ1) is 30.9. The van der Waals surface area contributed by atoms with Crippen molar-refractivity contribution in [1.82, 2.24) is 4.90 Å². The van der Waals surface area contributed by atoms with Crippen molar-refractivity contribution in [2.45, 2.75) is 43.1 Å². The Labute approximate surface area is 274 Å². The van der Waals surface area contributed by atoms with Crippen molar-refractivity contribution in [3.8, 4) is 5.75 Å². The van der Waals surface area contributed by atoms with Gasteiger partial charge in [0, 0.05) is 24.5 Å². The number of fused-ring (bicyclic) bond motifs is 2. The number of carbonyl (C=O) groups excluding carboxylic acids is 3. The number of hydrogen-bond acceptors (Lipinski definition) is 6. The summed E-state index contributed by atoms with van der Waals surface area (Å²) in [5, 5.41) is 10.9. The van der Waals surface area contributed by atoms with E-state index in [4.69, 9.17) is 9.47 Å². The summed E-state index contributed by atoms with van der Waals surface area (Å²) >= 11 is 0. The molecule has 7 rings (SSSR count). The second kappa shape index (κ2) is 12.1. The zero-order chi connectivity index (χ0) is 32.8. The normalized spacial score (nSPS) is 28.9. The average molecular weight is 634 g/mol. The molecular formula is C38H39N3O6. The van der Waals surface area contributed by atoms with Crippen molar-refractivity contribution in [2.24, 2.45) is 11.8 Å². The van der Waals surface area contributed by atoms with Crippen LogP contribution in [0.4, 0.5) is 11.4 Å². The van der Waals surface area contributed by atoms with Crippen LogP contribution >= 0.6 is 0 Å². The lowest BCUT2D eigenvalue weighted by atomic mass is 9.73. The zero-order valence-electron chi connectivity index (χ0n) is 26.6. The van der Waals surface area contributed by atoms with Crippen LogP contribution in [0.1, 0.15) is 18.9 Å².